The van der Waals surface area contributed by atoms with Gasteiger partial charge < -0.3 is 15.4 Å². The van der Waals surface area contributed by atoms with Crippen LogP contribution in [0.2, 0.25) is 0 Å². The lowest BCUT2D eigenvalue weighted by Crippen LogP contribution is -2.29. The Morgan fingerprint density at radius 2 is 1.77 bits per heavy atom. The zero-order valence-corrected chi connectivity index (χ0v) is 22.9. The molecule has 0 spiro atoms. The number of carbonyl (C=O) groups is 2. The van der Waals surface area contributed by atoms with E-state index in [9.17, 15) is 9.59 Å². The van der Waals surface area contributed by atoms with Crippen LogP contribution in [0.25, 0.3) is 5.65 Å². The molecule has 0 bridgehead atoms. The zero-order valence-electron chi connectivity index (χ0n) is 22.9. The SMILES string of the molecule is CC(=CC(NC(=O)c1ccc(CN2CCCCC2)cc1)=C(C)C)Oc1ccc2nc(NC(=O)C3CC3)cn2n1. The molecule has 1 saturated heterocycles. The lowest BCUT2D eigenvalue weighted by atomic mass is 10.1. The van der Waals surface area contributed by atoms with Gasteiger partial charge in [0, 0.05) is 29.8 Å². The summed E-state index contributed by atoms with van der Waals surface area (Å²) in [6.45, 7) is 8.90. The molecule has 0 atom stereocenters. The molecule has 204 valence electrons. The summed E-state index contributed by atoms with van der Waals surface area (Å²) in [5.74, 6) is 1.34. The average Bonchev–Trinajstić information content (AvgIpc) is 3.70. The summed E-state index contributed by atoms with van der Waals surface area (Å²) in [5.41, 5.74) is 4.06. The first kappa shape index (κ1) is 26.6. The van der Waals surface area contributed by atoms with Crippen molar-refractivity contribution in [1.29, 1.82) is 0 Å². The lowest BCUT2D eigenvalue weighted by Gasteiger charge is -2.26. The molecule has 2 aliphatic rings. The van der Waals surface area contributed by atoms with E-state index in [1.54, 1.807) is 28.9 Å². The molecule has 5 rings (SSSR count). The van der Waals surface area contributed by atoms with Crippen molar-refractivity contribution >= 4 is 23.3 Å². The molecule has 0 unspecified atom stereocenters. The molecule has 1 aromatic carbocycles. The van der Waals surface area contributed by atoms with Gasteiger partial charge in [0.2, 0.25) is 11.8 Å². The number of benzene rings is 1. The molecule has 2 amide bonds. The molecule has 2 aromatic heterocycles. The van der Waals surface area contributed by atoms with Crippen LogP contribution in [0.5, 0.6) is 5.88 Å². The van der Waals surface area contributed by atoms with Gasteiger partial charge in [-0.1, -0.05) is 24.1 Å². The Bertz CT molecular complexity index is 1410. The number of amides is 2. The van der Waals surface area contributed by atoms with Crippen molar-refractivity contribution in [1.82, 2.24) is 24.8 Å². The third kappa shape index (κ3) is 7.11. The van der Waals surface area contributed by atoms with E-state index in [1.807, 2.05) is 45.0 Å². The molecule has 3 heterocycles. The number of carbonyl (C=O) groups excluding carboxylic acids is 2. The lowest BCUT2D eigenvalue weighted by molar-refractivity contribution is -0.117. The number of nitrogens with one attached hydrogen (secondary N) is 2. The third-order valence-corrected chi connectivity index (χ3v) is 6.97. The van der Waals surface area contributed by atoms with Crippen LogP contribution in [0.15, 0.2) is 65.7 Å². The highest BCUT2D eigenvalue weighted by atomic mass is 16.5. The van der Waals surface area contributed by atoms with Gasteiger partial charge in [0.25, 0.3) is 5.91 Å². The molecule has 9 nitrogen and oxygen atoms in total. The van der Waals surface area contributed by atoms with Gasteiger partial charge in [0.05, 0.1) is 6.20 Å². The average molecular weight is 529 g/mol. The van der Waals surface area contributed by atoms with E-state index in [0.29, 0.717) is 34.4 Å². The van der Waals surface area contributed by atoms with Crippen LogP contribution in [-0.4, -0.2) is 44.4 Å². The maximum absolute atomic E-state index is 13.0. The van der Waals surface area contributed by atoms with Crippen LogP contribution in [0.3, 0.4) is 0 Å². The molecule has 1 aliphatic heterocycles. The maximum atomic E-state index is 13.0. The van der Waals surface area contributed by atoms with Crippen molar-refractivity contribution in [2.24, 2.45) is 5.92 Å². The third-order valence-electron chi connectivity index (χ3n) is 6.97. The Morgan fingerprint density at radius 1 is 1.03 bits per heavy atom. The first-order valence-electron chi connectivity index (χ1n) is 13.7. The summed E-state index contributed by atoms with van der Waals surface area (Å²) in [6.07, 6.45) is 9.16. The van der Waals surface area contributed by atoms with E-state index in [0.717, 1.165) is 38.0 Å². The molecular formula is C30H36N6O3. The van der Waals surface area contributed by atoms with E-state index < -0.39 is 0 Å². The number of rotatable bonds is 9. The number of imidazole rings is 1. The molecule has 39 heavy (non-hydrogen) atoms. The number of nitrogens with zero attached hydrogens (tertiary/aromatic N) is 4. The number of anilines is 1. The van der Waals surface area contributed by atoms with Crippen LogP contribution >= 0.6 is 0 Å². The second-order valence-electron chi connectivity index (χ2n) is 10.6. The van der Waals surface area contributed by atoms with Crippen molar-refractivity contribution in [2.45, 2.75) is 59.4 Å². The number of fused-ring (bicyclic) bond motifs is 1. The van der Waals surface area contributed by atoms with Crippen LogP contribution in [0, 0.1) is 5.92 Å². The standard InChI is InChI=1S/C30H36N6O3/c1-20(2)25(31-29(37)23-9-7-22(8-10-23)18-35-15-5-4-6-16-35)17-21(3)39-28-14-13-27-32-26(19-36(27)34-28)33-30(38)24-11-12-24/h7-10,13-14,17,19,24H,4-6,11-12,15-16,18H2,1-3H3,(H,31,37)(H,33,38). The summed E-state index contributed by atoms with van der Waals surface area (Å²) in [5, 5.41) is 10.3. The summed E-state index contributed by atoms with van der Waals surface area (Å²) in [4.78, 5) is 31.9. The van der Waals surface area contributed by atoms with E-state index in [4.69, 9.17) is 4.74 Å². The van der Waals surface area contributed by atoms with Crippen LogP contribution in [-0.2, 0) is 11.3 Å². The highest BCUT2D eigenvalue weighted by molar-refractivity contribution is 5.95. The van der Waals surface area contributed by atoms with E-state index >= 15 is 0 Å². The number of hydrogen-bond acceptors (Lipinski definition) is 6. The molecule has 0 radical (unpaired) electrons. The predicted octanol–water partition coefficient (Wildman–Crippen LogP) is 5.07. The largest absolute Gasteiger partial charge is 0.442 e. The Balaban J connectivity index is 1.20. The van der Waals surface area contributed by atoms with Crippen LogP contribution in [0.1, 0.15) is 68.8 Å². The normalized spacial score (nSPS) is 16.1. The molecule has 9 heteroatoms. The van der Waals surface area contributed by atoms with Crippen LogP contribution in [0.4, 0.5) is 5.82 Å². The summed E-state index contributed by atoms with van der Waals surface area (Å²) < 4.78 is 7.51. The molecular weight excluding hydrogens is 492 g/mol. The first-order valence-corrected chi connectivity index (χ1v) is 13.7. The van der Waals surface area contributed by atoms with Gasteiger partial charge in [-0.3, -0.25) is 14.5 Å². The Morgan fingerprint density at radius 3 is 2.46 bits per heavy atom. The molecule has 2 N–H and O–H groups in total. The number of likely N-dealkylation sites (tertiary alicyclic amines) is 1. The molecule has 1 aliphatic carbocycles. The van der Waals surface area contributed by atoms with Gasteiger partial charge in [-0.05, 0) is 89.4 Å². The molecule has 2 fully saturated rings. The van der Waals surface area contributed by atoms with Crippen molar-refractivity contribution in [2.75, 3.05) is 18.4 Å². The number of hydrogen-bond donors (Lipinski definition) is 2. The summed E-state index contributed by atoms with van der Waals surface area (Å²) in [7, 11) is 0. The zero-order chi connectivity index (χ0) is 27.4. The van der Waals surface area contributed by atoms with E-state index in [-0.39, 0.29) is 17.7 Å². The number of allylic oxidation sites excluding steroid dienone is 3. The van der Waals surface area contributed by atoms with Gasteiger partial charge in [0.15, 0.2) is 11.5 Å². The van der Waals surface area contributed by atoms with Crippen LogP contribution < -0.4 is 15.4 Å². The minimum Gasteiger partial charge on any atom is -0.442 e. The topological polar surface area (TPSA) is 101 Å². The van der Waals surface area contributed by atoms with E-state index in [2.05, 4.69) is 25.6 Å². The first-order chi connectivity index (χ1) is 18.8. The fourth-order valence-corrected chi connectivity index (χ4v) is 4.59. The van der Waals surface area contributed by atoms with Gasteiger partial charge in [-0.25, -0.2) is 9.50 Å². The Hall–Kier alpha value is -3.98. The van der Waals surface area contributed by atoms with Crippen molar-refractivity contribution in [3.63, 3.8) is 0 Å². The highest BCUT2D eigenvalue weighted by Gasteiger charge is 2.30. The number of aromatic nitrogens is 3. The fourth-order valence-electron chi connectivity index (χ4n) is 4.59. The van der Waals surface area contributed by atoms with Gasteiger partial charge in [0.1, 0.15) is 5.76 Å². The van der Waals surface area contributed by atoms with Crippen molar-refractivity contribution in [3.8, 4) is 5.88 Å². The fraction of sp³-hybridized carbons (Fsp3) is 0.400. The van der Waals surface area contributed by atoms with Gasteiger partial charge in [-0.15, -0.1) is 5.10 Å². The van der Waals surface area contributed by atoms with Crippen molar-refractivity contribution < 1.29 is 14.3 Å². The summed E-state index contributed by atoms with van der Waals surface area (Å²) in [6, 6.07) is 11.3. The predicted molar refractivity (Wildman–Crippen MR) is 150 cm³/mol. The van der Waals surface area contributed by atoms with Gasteiger partial charge in [-0.2, -0.15) is 0 Å². The Kier molecular flexibility index (Phi) is 8.07. The highest BCUT2D eigenvalue weighted by Crippen LogP contribution is 2.30. The number of piperidine rings is 1. The monoisotopic (exact) mass is 528 g/mol. The Labute approximate surface area is 228 Å². The van der Waals surface area contributed by atoms with E-state index in [1.165, 1.54) is 24.8 Å². The summed E-state index contributed by atoms with van der Waals surface area (Å²) >= 11 is 0. The second-order valence-corrected chi connectivity index (χ2v) is 10.6. The smallest absolute Gasteiger partial charge is 0.255 e. The second kappa shape index (κ2) is 11.8. The minimum absolute atomic E-state index is 0.00153. The molecule has 1 saturated carbocycles. The van der Waals surface area contributed by atoms with Gasteiger partial charge >= 0.3 is 0 Å². The van der Waals surface area contributed by atoms with Crippen molar-refractivity contribution in [3.05, 3.63) is 76.8 Å². The number of ether oxygens (including phenoxy) is 1. The minimum atomic E-state index is -0.168. The maximum Gasteiger partial charge on any atom is 0.255 e. The quantitative estimate of drug-likeness (QED) is 0.297. The molecule has 3 aromatic rings.